The predicted octanol–water partition coefficient (Wildman–Crippen LogP) is -5.23. The Bertz CT molecular complexity index is 1390. The third-order valence-corrected chi connectivity index (χ3v) is 9.67. The Balaban J connectivity index is 1.85. The van der Waals surface area contributed by atoms with E-state index in [1.54, 1.807) is 0 Å². The number of phosphoric acid groups is 3. The summed E-state index contributed by atoms with van der Waals surface area (Å²) >= 11 is 0. The van der Waals surface area contributed by atoms with Crippen molar-refractivity contribution in [3.8, 4) is 0 Å². The lowest BCUT2D eigenvalue weighted by molar-refractivity contribution is -0.334. The minimum absolute atomic E-state index is 0.0400. The average Bonchev–Trinajstić information content (AvgIpc) is 3.44. The van der Waals surface area contributed by atoms with Crippen LogP contribution in [0, 0.1) is 0 Å². The third-order valence-electron chi connectivity index (χ3n) is 5.45. The Kier molecular flexibility index (Phi) is 11.1. The second-order valence-electron chi connectivity index (χ2n) is 8.39. The lowest BCUT2D eigenvalue weighted by atomic mass is 10.0. The maximum atomic E-state index is 13.2. The molecule has 2 aromatic rings. The summed E-state index contributed by atoms with van der Waals surface area (Å²) in [6.45, 7) is -2.35. The molecule has 0 amide bonds. The number of hydrogen-bond donors (Lipinski definition) is 8. The van der Waals surface area contributed by atoms with Crippen molar-refractivity contribution in [2.45, 2.75) is 49.0 Å². The van der Waals surface area contributed by atoms with Crippen LogP contribution in [-0.2, 0) is 40.9 Å². The smallest absolute Gasteiger partial charge is 0.484 e. The highest BCUT2D eigenvalue weighted by Crippen LogP contribution is 2.67. The van der Waals surface area contributed by atoms with Crippen molar-refractivity contribution >= 4 is 46.7 Å². The molecule has 42 heavy (non-hydrogen) atoms. The van der Waals surface area contributed by atoms with Gasteiger partial charge in [0.05, 0.1) is 27.4 Å². The summed E-state index contributed by atoms with van der Waals surface area (Å²) in [5, 5.41) is 59.3. The monoisotopic (exact) mass is 667 g/mol. The lowest BCUT2D eigenvalue weighted by Crippen LogP contribution is -2.47. The fraction of sp³-hybridized carbons (Fsp3) is 0.625. The standard InChI is InChI=1S/C16H26N5O18P3/c17-14-9-15(19-4-18-14)21(5-20-9)16-13(28)12(27)8(36-16)3-35-42(34,39-41(32,33)38-40(29,30)31)37-7(2-23)11(26)10(25)6(24)1-22/h2,4-8,10-13,16,22,24-28H,1,3H2,(H,32,33)(H2,17,18,19)(H2,29,30,31)/p-2/t6-,7+,8-,10-,11-,12-,13-,16-,42?/m1/s1. The van der Waals surface area contributed by atoms with Crippen LogP contribution in [-0.4, -0.2) is 117 Å². The number of phosphoric ester groups is 1. The van der Waals surface area contributed by atoms with E-state index in [0.29, 0.717) is 0 Å². The van der Waals surface area contributed by atoms with Crippen molar-refractivity contribution in [1.29, 1.82) is 0 Å². The van der Waals surface area contributed by atoms with E-state index in [2.05, 4.69) is 28.1 Å². The molecular weight excluding hydrogens is 643 g/mol. The summed E-state index contributed by atoms with van der Waals surface area (Å²) in [7, 11) is -18.4. The number of carbonyl (C=O) groups excluding carboxylic acids is 1. The number of aliphatic hydroxyl groups is 6. The largest absolute Gasteiger partial charge is 0.789 e. The van der Waals surface area contributed by atoms with Crippen LogP contribution in [0.4, 0.5) is 5.82 Å². The van der Waals surface area contributed by atoms with Crippen LogP contribution in [0.2, 0.25) is 0 Å². The second-order valence-corrected chi connectivity index (χ2v) is 12.9. The van der Waals surface area contributed by atoms with Crippen LogP contribution in [0.1, 0.15) is 6.23 Å². The highest BCUT2D eigenvalue weighted by Gasteiger charge is 2.48. The van der Waals surface area contributed by atoms with Crippen LogP contribution >= 0.6 is 23.5 Å². The molecule has 23 nitrogen and oxygen atoms in total. The first-order valence-electron chi connectivity index (χ1n) is 11.2. The van der Waals surface area contributed by atoms with Gasteiger partial charge in [-0.25, -0.2) is 24.1 Å². The Morgan fingerprint density at radius 3 is 2.36 bits per heavy atom. The number of aldehydes is 1. The zero-order valence-electron chi connectivity index (χ0n) is 20.6. The maximum Gasteiger partial charge on any atom is 0.484 e. The minimum Gasteiger partial charge on any atom is -0.789 e. The molecule has 0 aliphatic carbocycles. The molecule has 0 saturated carbocycles. The van der Waals surface area contributed by atoms with Gasteiger partial charge in [-0.3, -0.25) is 17.9 Å². The van der Waals surface area contributed by atoms with Gasteiger partial charge in [-0.05, 0) is 0 Å². The Labute approximate surface area is 233 Å². The van der Waals surface area contributed by atoms with Crippen molar-refractivity contribution in [2.75, 3.05) is 18.9 Å². The van der Waals surface area contributed by atoms with E-state index in [1.165, 1.54) is 0 Å². The Morgan fingerprint density at radius 1 is 1.10 bits per heavy atom. The fourth-order valence-corrected chi connectivity index (χ4v) is 7.12. The van der Waals surface area contributed by atoms with Gasteiger partial charge >= 0.3 is 15.6 Å². The highest BCUT2D eigenvalue weighted by molar-refractivity contribution is 7.66. The van der Waals surface area contributed by atoms with Crippen LogP contribution in [0.15, 0.2) is 12.7 Å². The van der Waals surface area contributed by atoms with Crippen LogP contribution in [0.25, 0.3) is 11.2 Å². The number of aliphatic hydroxyl groups excluding tert-OH is 6. The van der Waals surface area contributed by atoms with Crippen molar-refractivity contribution < 1.29 is 86.2 Å². The SMILES string of the molecule is Nc1ncnc2c1ncn2[C@@H]1O[C@H](COP(=O)(O[C@@H](C=O)[C@@H](O)[C@H](O)[C@H](O)CO)OP(=O)(O)OP(=O)([O-])[O-])[C@@H](O)[C@H]1O. The van der Waals surface area contributed by atoms with E-state index in [1.807, 2.05) is 0 Å². The average molecular weight is 667 g/mol. The van der Waals surface area contributed by atoms with Gasteiger partial charge in [0.1, 0.15) is 48.5 Å². The zero-order valence-corrected chi connectivity index (χ0v) is 23.3. The molecule has 2 unspecified atom stereocenters. The molecule has 0 spiro atoms. The van der Waals surface area contributed by atoms with Gasteiger partial charge in [0.2, 0.25) is 0 Å². The molecular formula is C16H24N5O18P3-2. The number of ether oxygens (including phenoxy) is 1. The van der Waals surface area contributed by atoms with Gasteiger partial charge in [-0.1, -0.05) is 0 Å². The van der Waals surface area contributed by atoms with E-state index in [0.717, 1.165) is 17.2 Å². The molecule has 3 heterocycles. The second kappa shape index (κ2) is 13.4. The zero-order chi connectivity index (χ0) is 31.6. The molecule has 3 rings (SSSR count). The number of fused-ring (bicyclic) bond motifs is 1. The molecule has 238 valence electrons. The molecule has 0 radical (unpaired) electrons. The molecule has 2 aromatic heterocycles. The number of aromatic nitrogens is 4. The van der Waals surface area contributed by atoms with Gasteiger partial charge in [-0.15, -0.1) is 0 Å². The normalized spacial score (nSPS) is 27.2. The number of hydrogen-bond acceptors (Lipinski definition) is 21. The van der Waals surface area contributed by atoms with Crippen molar-refractivity contribution in [3.63, 3.8) is 0 Å². The number of carbonyl (C=O) groups is 1. The molecule has 1 fully saturated rings. The minimum atomic E-state index is -6.30. The van der Waals surface area contributed by atoms with E-state index in [9.17, 15) is 58.7 Å². The number of nitrogens with two attached hydrogens (primary N) is 1. The first-order valence-corrected chi connectivity index (χ1v) is 15.6. The van der Waals surface area contributed by atoms with Crippen molar-refractivity contribution in [3.05, 3.63) is 12.7 Å². The number of rotatable bonds is 15. The van der Waals surface area contributed by atoms with Crippen molar-refractivity contribution in [2.24, 2.45) is 0 Å². The quantitative estimate of drug-likeness (QED) is 0.0649. The van der Waals surface area contributed by atoms with Gasteiger partial charge in [0.25, 0.3) is 0 Å². The molecule has 0 aromatic carbocycles. The molecule has 1 aliphatic heterocycles. The predicted molar refractivity (Wildman–Crippen MR) is 125 cm³/mol. The van der Waals surface area contributed by atoms with Crippen molar-refractivity contribution in [1.82, 2.24) is 19.5 Å². The summed E-state index contributed by atoms with van der Waals surface area (Å²) < 4.78 is 59.4. The fourth-order valence-electron chi connectivity index (χ4n) is 3.51. The Hall–Kier alpha value is -1.85. The topological polar surface area (TPSA) is 372 Å². The Morgan fingerprint density at radius 2 is 1.76 bits per heavy atom. The van der Waals surface area contributed by atoms with Gasteiger partial charge in [0.15, 0.2) is 30.1 Å². The summed E-state index contributed by atoms with van der Waals surface area (Å²) in [6, 6.07) is 0. The van der Waals surface area contributed by atoms with E-state index >= 15 is 0 Å². The summed E-state index contributed by atoms with van der Waals surface area (Å²) in [6.07, 6.45) is -14.5. The summed E-state index contributed by atoms with van der Waals surface area (Å²) in [5.74, 6) is -0.0400. The summed E-state index contributed by atoms with van der Waals surface area (Å²) in [4.78, 5) is 54.3. The lowest BCUT2D eigenvalue weighted by Gasteiger charge is -2.32. The van der Waals surface area contributed by atoms with Gasteiger partial charge in [-0.2, -0.15) is 4.31 Å². The van der Waals surface area contributed by atoms with E-state index in [4.69, 9.17) is 20.1 Å². The number of nitrogens with zero attached hydrogens (tertiary/aromatic N) is 4. The van der Waals surface area contributed by atoms with Gasteiger partial charge in [0, 0.05) is 0 Å². The number of anilines is 1. The van der Waals surface area contributed by atoms with Crippen LogP contribution in [0.3, 0.4) is 0 Å². The number of nitrogen functional groups attached to an aromatic ring is 1. The molecule has 26 heteroatoms. The number of imidazole rings is 1. The molecule has 1 aliphatic rings. The molecule has 10 atom stereocenters. The molecule has 9 N–H and O–H groups in total. The molecule has 0 bridgehead atoms. The van der Waals surface area contributed by atoms with Crippen LogP contribution in [0.5, 0.6) is 0 Å². The first kappa shape index (κ1) is 34.6. The molecule has 1 saturated heterocycles. The highest BCUT2D eigenvalue weighted by atomic mass is 31.3. The third kappa shape index (κ3) is 8.20. The first-order chi connectivity index (χ1) is 19.4. The summed E-state index contributed by atoms with van der Waals surface area (Å²) in [5.41, 5.74) is 5.84. The maximum absolute atomic E-state index is 13.2. The van der Waals surface area contributed by atoms with Gasteiger partial charge < -0.3 is 65.1 Å². The van der Waals surface area contributed by atoms with Crippen LogP contribution < -0.4 is 15.5 Å². The van der Waals surface area contributed by atoms with E-state index < -0.39 is 85.6 Å². The van der Waals surface area contributed by atoms with E-state index in [-0.39, 0.29) is 23.3 Å².